The van der Waals surface area contributed by atoms with E-state index in [4.69, 9.17) is 9.73 Å². The van der Waals surface area contributed by atoms with E-state index in [1.807, 2.05) is 6.92 Å². The Morgan fingerprint density at radius 1 is 1.23 bits per heavy atom. The lowest BCUT2D eigenvalue weighted by Crippen LogP contribution is -2.49. The van der Waals surface area contributed by atoms with Crippen LogP contribution < -0.4 is 5.32 Å². The van der Waals surface area contributed by atoms with Gasteiger partial charge in [0.25, 0.3) is 0 Å². The summed E-state index contributed by atoms with van der Waals surface area (Å²) < 4.78 is 7.36. The van der Waals surface area contributed by atoms with Crippen molar-refractivity contribution < 1.29 is 9.53 Å². The Balaban J connectivity index is 0.00000341. The van der Waals surface area contributed by atoms with Crippen molar-refractivity contribution in [1.29, 1.82) is 0 Å². The number of aliphatic imine (C=N–C) groups is 1. The minimum Gasteiger partial charge on any atom is -0.466 e. The molecule has 1 aliphatic carbocycles. The molecule has 0 spiro atoms. The maximum atomic E-state index is 12.3. The molecule has 31 heavy (non-hydrogen) atoms. The standard InChI is InChI=1S/C22H38N6O2.HI/c1-3-20-26-25-17-28(20)14-12-23-22(24-15-18-9-6-5-7-10-18)27-13-8-11-19(16-27)21(29)30-4-2;/h17-19H,3-16H2,1-2H3,(H,23,24);1H. The van der Waals surface area contributed by atoms with Crippen LogP contribution in [-0.4, -0.2) is 64.4 Å². The Morgan fingerprint density at radius 3 is 2.77 bits per heavy atom. The fourth-order valence-electron chi connectivity index (χ4n) is 4.50. The van der Waals surface area contributed by atoms with Gasteiger partial charge in [-0.05, 0) is 38.5 Å². The normalized spacial score (nSPS) is 20.3. The van der Waals surface area contributed by atoms with Crippen LogP contribution in [0.1, 0.15) is 64.6 Å². The maximum Gasteiger partial charge on any atom is 0.310 e. The van der Waals surface area contributed by atoms with Crippen molar-refractivity contribution in [3.8, 4) is 0 Å². The van der Waals surface area contributed by atoms with Gasteiger partial charge in [-0.1, -0.05) is 26.2 Å². The van der Waals surface area contributed by atoms with Crippen molar-refractivity contribution in [3.63, 3.8) is 0 Å². The monoisotopic (exact) mass is 546 g/mol. The van der Waals surface area contributed by atoms with Gasteiger partial charge in [0.15, 0.2) is 5.96 Å². The summed E-state index contributed by atoms with van der Waals surface area (Å²) in [5.74, 6) is 2.47. The maximum absolute atomic E-state index is 12.3. The first kappa shape index (κ1) is 25.9. The van der Waals surface area contributed by atoms with Crippen LogP contribution in [-0.2, 0) is 22.5 Å². The second kappa shape index (κ2) is 13.9. The van der Waals surface area contributed by atoms with Gasteiger partial charge < -0.3 is 19.5 Å². The second-order valence-electron chi connectivity index (χ2n) is 8.43. The molecule has 0 bridgehead atoms. The van der Waals surface area contributed by atoms with Crippen LogP contribution in [0.5, 0.6) is 0 Å². The highest BCUT2D eigenvalue weighted by atomic mass is 127. The van der Waals surface area contributed by atoms with Crippen molar-refractivity contribution in [2.24, 2.45) is 16.8 Å². The summed E-state index contributed by atoms with van der Waals surface area (Å²) in [6, 6.07) is 0. The van der Waals surface area contributed by atoms with Crippen LogP contribution in [0, 0.1) is 11.8 Å². The van der Waals surface area contributed by atoms with Gasteiger partial charge in [0, 0.05) is 39.1 Å². The minimum absolute atomic E-state index is 0. The molecule has 2 heterocycles. The highest BCUT2D eigenvalue weighted by molar-refractivity contribution is 14.0. The molecule has 1 saturated carbocycles. The number of nitrogens with zero attached hydrogens (tertiary/aromatic N) is 5. The number of guanidine groups is 1. The molecule has 8 nitrogen and oxygen atoms in total. The van der Waals surface area contributed by atoms with Crippen molar-refractivity contribution >= 4 is 35.9 Å². The number of ether oxygens (including phenoxy) is 1. The predicted octanol–water partition coefficient (Wildman–Crippen LogP) is 3.26. The van der Waals surface area contributed by atoms with E-state index in [0.29, 0.717) is 19.1 Å². The fourth-order valence-corrected chi connectivity index (χ4v) is 4.50. The van der Waals surface area contributed by atoms with Crippen molar-refractivity contribution in [2.75, 3.05) is 32.8 Å². The van der Waals surface area contributed by atoms with Crippen LogP contribution in [0.25, 0.3) is 0 Å². The first-order valence-electron chi connectivity index (χ1n) is 11.8. The van der Waals surface area contributed by atoms with Gasteiger partial charge in [-0.3, -0.25) is 9.79 Å². The van der Waals surface area contributed by atoms with Crippen LogP contribution in [0.4, 0.5) is 0 Å². The summed E-state index contributed by atoms with van der Waals surface area (Å²) in [4.78, 5) is 19.5. The van der Waals surface area contributed by atoms with Gasteiger partial charge in [-0.2, -0.15) is 0 Å². The molecule has 9 heteroatoms. The number of carbonyl (C=O) groups excluding carboxylic acids is 1. The van der Waals surface area contributed by atoms with E-state index < -0.39 is 0 Å². The summed E-state index contributed by atoms with van der Waals surface area (Å²) in [6.07, 6.45) is 11.1. The summed E-state index contributed by atoms with van der Waals surface area (Å²) >= 11 is 0. The van der Waals surface area contributed by atoms with Crippen molar-refractivity contribution in [3.05, 3.63) is 12.2 Å². The topological polar surface area (TPSA) is 84.6 Å². The number of hydrogen-bond acceptors (Lipinski definition) is 5. The number of piperidine rings is 1. The third-order valence-electron chi connectivity index (χ3n) is 6.21. The van der Waals surface area contributed by atoms with Gasteiger partial charge in [0.05, 0.1) is 12.5 Å². The number of esters is 1. The predicted molar refractivity (Wildman–Crippen MR) is 133 cm³/mol. The van der Waals surface area contributed by atoms with E-state index in [0.717, 1.165) is 57.2 Å². The smallest absolute Gasteiger partial charge is 0.310 e. The molecule has 1 unspecified atom stereocenters. The molecule has 176 valence electrons. The van der Waals surface area contributed by atoms with Crippen LogP contribution >= 0.6 is 24.0 Å². The Morgan fingerprint density at radius 2 is 2.03 bits per heavy atom. The molecule has 1 N–H and O–H groups in total. The van der Waals surface area contributed by atoms with E-state index in [1.165, 1.54) is 32.1 Å². The van der Waals surface area contributed by atoms with Crippen LogP contribution in [0.15, 0.2) is 11.3 Å². The summed E-state index contributed by atoms with van der Waals surface area (Å²) in [7, 11) is 0. The molecular weight excluding hydrogens is 507 g/mol. The molecule has 1 saturated heterocycles. The van der Waals surface area contributed by atoms with E-state index in [-0.39, 0.29) is 35.9 Å². The molecule has 1 aromatic rings. The zero-order valence-electron chi connectivity index (χ0n) is 19.1. The quantitative estimate of drug-likeness (QED) is 0.233. The molecule has 0 amide bonds. The number of carbonyl (C=O) groups is 1. The zero-order chi connectivity index (χ0) is 21.2. The van der Waals surface area contributed by atoms with Crippen LogP contribution in [0.2, 0.25) is 0 Å². The first-order valence-corrected chi connectivity index (χ1v) is 11.8. The number of rotatable bonds is 8. The molecule has 1 aliphatic heterocycles. The van der Waals surface area contributed by atoms with Crippen LogP contribution in [0.3, 0.4) is 0 Å². The Labute approximate surface area is 203 Å². The lowest BCUT2D eigenvalue weighted by Gasteiger charge is -2.34. The van der Waals surface area contributed by atoms with Gasteiger partial charge >= 0.3 is 5.97 Å². The SMILES string of the molecule is CCOC(=O)C1CCCN(C(=NCC2CCCCC2)NCCn2cnnc2CC)C1.I. The molecule has 2 aliphatic rings. The van der Waals surface area contributed by atoms with E-state index in [1.54, 1.807) is 6.33 Å². The molecule has 1 atom stereocenters. The van der Waals surface area contributed by atoms with Gasteiger partial charge in [-0.25, -0.2) is 0 Å². The number of halogens is 1. The largest absolute Gasteiger partial charge is 0.466 e. The molecule has 2 fully saturated rings. The van der Waals surface area contributed by atoms with Crippen molar-refractivity contribution in [2.45, 2.75) is 71.8 Å². The lowest BCUT2D eigenvalue weighted by atomic mass is 9.89. The highest BCUT2D eigenvalue weighted by Crippen LogP contribution is 2.24. The van der Waals surface area contributed by atoms with E-state index in [2.05, 4.69) is 31.9 Å². The Bertz CT molecular complexity index is 689. The molecule has 0 radical (unpaired) electrons. The zero-order valence-corrected chi connectivity index (χ0v) is 21.4. The average molecular weight is 546 g/mol. The number of aryl methyl sites for hydroxylation is 1. The Hall–Kier alpha value is -1.39. The number of hydrogen-bond donors (Lipinski definition) is 1. The number of aromatic nitrogens is 3. The molecular formula is C22H39IN6O2. The summed E-state index contributed by atoms with van der Waals surface area (Å²) in [5, 5.41) is 11.7. The van der Waals surface area contributed by atoms with E-state index >= 15 is 0 Å². The first-order chi connectivity index (χ1) is 14.7. The molecule has 3 rings (SSSR count). The van der Waals surface area contributed by atoms with E-state index in [9.17, 15) is 4.79 Å². The third kappa shape index (κ3) is 7.91. The third-order valence-corrected chi connectivity index (χ3v) is 6.21. The number of likely N-dealkylation sites (tertiary alicyclic amines) is 1. The van der Waals surface area contributed by atoms with Crippen molar-refractivity contribution in [1.82, 2.24) is 25.0 Å². The van der Waals surface area contributed by atoms with Gasteiger partial charge in [0.2, 0.25) is 0 Å². The summed E-state index contributed by atoms with van der Waals surface area (Å²) in [5.41, 5.74) is 0. The molecule has 1 aromatic heterocycles. The fraction of sp³-hybridized carbons (Fsp3) is 0.818. The number of nitrogens with one attached hydrogen (secondary N) is 1. The average Bonchev–Trinajstić information content (AvgIpc) is 3.24. The second-order valence-corrected chi connectivity index (χ2v) is 8.43. The lowest BCUT2D eigenvalue weighted by molar-refractivity contribution is -0.149. The highest BCUT2D eigenvalue weighted by Gasteiger charge is 2.28. The van der Waals surface area contributed by atoms with Gasteiger partial charge in [-0.15, -0.1) is 34.2 Å². The molecule has 0 aromatic carbocycles. The van der Waals surface area contributed by atoms with Gasteiger partial charge in [0.1, 0.15) is 12.2 Å². The Kier molecular flexibility index (Phi) is 11.6. The summed E-state index contributed by atoms with van der Waals surface area (Å²) in [6.45, 7) is 8.44. The minimum atomic E-state index is -0.0779.